The predicted molar refractivity (Wildman–Crippen MR) is 129 cm³/mol. The van der Waals surface area contributed by atoms with Crippen molar-refractivity contribution in [2.45, 2.75) is 70.0 Å². The molecular formula is C26H34O4S. The van der Waals surface area contributed by atoms with Crippen LogP contribution in [0.2, 0.25) is 0 Å². The van der Waals surface area contributed by atoms with Gasteiger partial charge in [0.25, 0.3) is 0 Å². The monoisotopic (exact) mass is 442 g/mol. The van der Waals surface area contributed by atoms with E-state index in [4.69, 9.17) is 4.74 Å². The minimum Gasteiger partial charge on any atom is -0.508 e. The number of aliphatic hydroxyl groups excluding tert-OH is 2. The summed E-state index contributed by atoms with van der Waals surface area (Å²) in [7, 11) is 0. The molecule has 0 amide bonds. The number of benzene rings is 2. The Bertz CT molecular complexity index is 862. The Hall–Kier alpha value is -1.95. The first-order valence-electron chi connectivity index (χ1n) is 11.2. The Balaban J connectivity index is 1.81. The second-order valence-corrected chi connectivity index (χ2v) is 9.52. The van der Waals surface area contributed by atoms with E-state index in [9.17, 15) is 15.3 Å². The number of phenolic OH excluding ortho intramolecular Hbond substituents is 1. The topological polar surface area (TPSA) is 69.9 Å². The van der Waals surface area contributed by atoms with Crippen LogP contribution in [0.5, 0.6) is 11.5 Å². The molecule has 0 bridgehead atoms. The average Bonchev–Trinajstić information content (AvgIpc) is 2.80. The van der Waals surface area contributed by atoms with Crippen molar-refractivity contribution in [2.24, 2.45) is 0 Å². The van der Waals surface area contributed by atoms with Gasteiger partial charge in [-0.25, -0.2) is 0 Å². The molecule has 1 fully saturated rings. The molecule has 1 aliphatic rings. The summed E-state index contributed by atoms with van der Waals surface area (Å²) in [6, 6.07) is 11.9. The van der Waals surface area contributed by atoms with Gasteiger partial charge in [0, 0.05) is 30.2 Å². The zero-order valence-electron chi connectivity index (χ0n) is 18.5. The maximum Gasteiger partial charge on any atom is 0.147 e. The maximum atomic E-state index is 10.3. The van der Waals surface area contributed by atoms with Crippen molar-refractivity contribution in [3.63, 3.8) is 0 Å². The number of hydrogen-bond donors (Lipinski definition) is 3. The van der Waals surface area contributed by atoms with E-state index in [0.717, 1.165) is 24.0 Å². The third-order valence-corrected chi connectivity index (χ3v) is 6.83. The van der Waals surface area contributed by atoms with Crippen molar-refractivity contribution in [3.05, 3.63) is 64.7 Å². The number of rotatable bonds is 6. The molecule has 3 atom stereocenters. The third kappa shape index (κ3) is 7.30. The van der Waals surface area contributed by atoms with Gasteiger partial charge in [-0.1, -0.05) is 43.3 Å². The fourth-order valence-corrected chi connectivity index (χ4v) is 4.96. The zero-order valence-corrected chi connectivity index (χ0v) is 19.3. The zero-order chi connectivity index (χ0) is 22.2. The largest absolute Gasteiger partial charge is 0.508 e. The molecule has 2 aromatic rings. The molecule has 168 valence electrons. The quantitative estimate of drug-likeness (QED) is 0.555. The van der Waals surface area contributed by atoms with Crippen molar-refractivity contribution in [1.29, 1.82) is 0 Å². The van der Waals surface area contributed by atoms with Crippen molar-refractivity contribution in [3.8, 4) is 11.5 Å². The first-order chi connectivity index (χ1) is 14.9. The number of hydrogen-bond acceptors (Lipinski definition) is 5. The Morgan fingerprint density at radius 1 is 1.10 bits per heavy atom. The molecule has 31 heavy (non-hydrogen) atoms. The number of allylic oxidation sites excluding steroid dienone is 1. The van der Waals surface area contributed by atoms with Gasteiger partial charge in [0.1, 0.15) is 16.9 Å². The molecule has 2 aromatic carbocycles. The fourth-order valence-electron chi connectivity index (χ4n) is 3.83. The van der Waals surface area contributed by atoms with E-state index in [1.807, 2.05) is 6.92 Å². The minimum atomic E-state index is -0.451. The van der Waals surface area contributed by atoms with Crippen LogP contribution in [0, 0.1) is 6.92 Å². The molecule has 0 aliphatic carbocycles. The second kappa shape index (κ2) is 11.6. The Morgan fingerprint density at radius 3 is 2.58 bits per heavy atom. The van der Waals surface area contributed by atoms with E-state index in [1.165, 1.54) is 22.9 Å². The van der Waals surface area contributed by atoms with Crippen LogP contribution in [0.1, 0.15) is 61.3 Å². The summed E-state index contributed by atoms with van der Waals surface area (Å²) in [6.07, 6.45) is 7.84. The van der Waals surface area contributed by atoms with Gasteiger partial charge >= 0.3 is 0 Å². The summed E-state index contributed by atoms with van der Waals surface area (Å²) >= 11 is 1.53. The number of ether oxygens (including phenoxy) is 1. The summed E-state index contributed by atoms with van der Waals surface area (Å²) in [6.45, 7) is 4.10. The lowest BCUT2D eigenvalue weighted by atomic mass is 9.98. The van der Waals surface area contributed by atoms with E-state index < -0.39 is 6.10 Å². The smallest absolute Gasteiger partial charge is 0.147 e. The van der Waals surface area contributed by atoms with Gasteiger partial charge in [0.15, 0.2) is 0 Å². The highest BCUT2D eigenvalue weighted by atomic mass is 32.2. The molecular weight excluding hydrogens is 408 g/mol. The lowest BCUT2D eigenvalue weighted by molar-refractivity contribution is 0.115. The molecule has 4 nitrogen and oxygen atoms in total. The van der Waals surface area contributed by atoms with Crippen molar-refractivity contribution < 1.29 is 20.1 Å². The van der Waals surface area contributed by atoms with E-state index in [-0.39, 0.29) is 17.3 Å². The van der Waals surface area contributed by atoms with Crippen molar-refractivity contribution in [1.82, 2.24) is 0 Å². The van der Waals surface area contributed by atoms with Crippen LogP contribution in [-0.4, -0.2) is 38.7 Å². The molecule has 3 N–H and O–H groups in total. The highest BCUT2D eigenvalue weighted by molar-refractivity contribution is 7.99. The second-order valence-electron chi connectivity index (χ2n) is 8.32. The number of phenols is 1. The molecule has 0 spiro atoms. The van der Waals surface area contributed by atoms with Gasteiger partial charge in [-0.3, -0.25) is 0 Å². The maximum absolute atomic E-state index is 10.3. The van der Waals surface area contributed by atoms with Crippen molar-refractivity contribution >= 4 is 17.8 Å². The number of aliphatic hydroxyl groups is 2. The van der Waals surface area contributed by atoms with Gasteiger partial charge in [0.2, 0.25) is 0 Å². The molecule has 3 unspecified atom stereocenters. The van der Waals surface area contributed by atoms with E-state index in [0.29, 0.717) is 37.2 Å². The molecule has 0 saturated carbocycles. The molecule has 0 aromatic heterocycles. The Morgan fingerprint density at radius 2 is 1.84 bits per heavy atom. The summed E-state index contributed by atoms with van der Waals surface area (Å²) < 4.78 is 6.33. The number of aryl methyl sites for hydroxylation is 1. The normalized spacial score (nSPS) is 22.6. The third-order valence-electron chi connectivity index (χ3n) is 5.60. The Labute approximate surface area is 190 Å². The van der Waals surface area contributed by atoms with Crippen LogP contribution in [0.15, 0.2) is 42.5 Å². The van der Waals surface area contributed by atoms with Gasteiger partial charge < -0.3 is 20.1 Å². The molecule has 1 saturated heterocycles. The average molecular weight is 443 g/mol. The van der Waals surface area contributed by atoms with Gasteiger partial charge in [0.05, 0.1) is 12.2 Å². The highest BCUT2D eigenvalue weighted by Gasteiger charge is 2.23. The van der Waals surface area contributed by atoms with Crippen LogP contribution in [0.25, 0.3) is 6.08 Å². The van der Waals surface area contributed by atoms with E-state index in [1.54, 1.807) is 12.1 Å². The number of aromatic hydroxyl groups is 1. The first kappa shape index (κ1) is 23.7. The lowest BCUT2D eigenvalue weighted by Gasteiger charge is -2.23. The highest BCUT2D eigenvalue weighted by Crippen LogP contribution is 2.34. The lowest BCUT2D eigenvalue weighted by Crippen LogP contribution is -2.22. The predicted octanol–water partition coefficient (Wildman–Crippen LogP) is 5.45. The van der Waals surface area contributed by atoms with E-state index in [2.05, 4.69) is 43.3 Å². The number of thioether (sulfide) groups is 1. The summed E-state index contributed by atoms with van der Waals surface area (Å²) in [4.78, 5) is 0. The van der Waals surface area contributed by atoms with Crippen LogP contribution in [-0.2, 0) is 6.42 Å². The van der Waals surface area contributed by atoms with Gasteiger partial charge in [-0.15, -0.1) is 11.8 Å². The van der Waals surface area contributed by atoms with E-state index >= 15 is 0 Å². The van der Waals surface area contributed by atoms with Crippen LogP contribution >= 0.6 is 11.8 Å². The van der Waals surface area contributed by atoms with Gasteiger partial charge in [-0.2, -0.15) is 0 Å². The van der Waals surface area contributed by atoms with Gasteiger partial charge in [-0.05, 0) is 55.4 Å². The molecule has 1 aliphatic heterocycles. The van der Waals surface area contributed by atoms with Crippen LogP contribution < -0.4 is 4.74 Å². The Kier molecular flexibility index (Phi) is 8.88. The minimum absolute atomic E-state index is 0.171. The summed E-state index contributed by atoms with van der Waals surface area (Å²) in [5.74, 6) is 1.40. The molecule has 1 heterocycles. The molecule has 0 radical (unpaired) electrons. The summed E-state index contributed by atoms with van der Waals surface area (Å²) in [5.41, 5.74) is 4.08. The summed E-state index contributed by atoms with van der Waals surface area (Å²) in [5, 5.41) is 30.7. The SMILES string of the molecule is CC/C=C/c1ccc(Cc2c(C)cc(O)cc2OC2CC(O)CCCC(O)CS2)cc1. The molecule has 5 heteroatoms. The van der Waals surface area contributed by atoms with Crippen LogP contribution in [0.4, 0.5) is 0 Å². The first-order valence-corrected chi connectivity index (χ1v) is 12.2. The van der Waals surface area contributed by atoms with Crippen molar-refractivity contribution in [2.75, 3.05) is 5.75 Å². The molecule has 3 rings (SSSR count). The standard InChI is InChI=1S/C26H34O4S/c1-3-4-6-19-9-11-20(12-10-19)14-24-18(2)13-23(29)15-25(24)30-26-16-21(27)7-5-8-22(28)17-31-26/h4,6,9-13,15,21-22,26-29H,3,5,7-8,14,16-17H2,1-2H3/b6-4+. The van der Waals surface area contributed by atoms with Crippen LogP contribution in [0.3, 0.4) is 0 Å². The fraction of sp³-hybridized carbons (Fsp3) is 0.462.